The van der Waals surface area contributed by atoms with E-state index >= 15 is 0 Å². The van der Waals surface area contributed by atoms with Crippen LogP contribution in [-0.2, 0) is 23.9 Å². The Balaban J connectivity index is 0.000000436. The van der Waals surface area contributed by atoms with Crippen molar-refractivity contribution in [3.63, 3.8) is 0 Å². The fraction of sp³-hybridized carbons (Fsp3) is 0.324. The predicted molar refractivity (Wildman–Crippen MR) is 192 cm³/mol. The number of hydrogen-bond acceptors (Lipinski definition) is 11. The van der Waals surface area contributed by atoms with Gasteiger partial charge < -0.3 is 34.6 Å². The molecule has 6 rings (SSSR count). The topological polar surface area (TPSA) is 200 Å². The third-order valence-electron chi connectivity index (χ3n) is 8.08. The summed E-state index contributed by atoms with van der Waals surface area (Å²) in [6.07, 6.45) is 2.58. The zero-order valence-electron chi connectivity index (χ0n) is 28.3. The first-order chi connectivity index (χ1) is 25.0. The van der Waals surface area contributed by atoms with E-state index in [2.05, 4.69) is 28.0 Å². The first-order valence-electron chi connectivity index (χ1n) is 16.5. The summed E-state index contributed by atoms with van der Waals surface area (Å²) in [7, 11) is 0. The summed E-state index contributed by atoms with van der Waals surface area (Å²) < 4.78 is 18.5. The highest BCUT2D eigenvalue weighted by Gasteiger charge is 2.22. The monoisotopic (exact) mass is 736 g/mol. The van der Waals surface area contributed by atoms with E-state index in [9.17, 15) is 4.79 Å². The molecule has 0 saturated carbocycles. The van der Waals surface area contributed by atoms with Crippen LogP contribution in [-0.4, -0.2) is 126 Å². The van der Waals surface area contributed by atoms with Gasteiger partial charge in [-0.3, -0.25) is 14.6 Å². The molecule has 2 aliphatic rings. The second-order valence-corrected chi connectivity index (χ2v) is 12.7. The van der Waals surface area contributed by atoms with E-state index in [1.54, 1.807) is 11.3 Å². The van der Waals surface area contributed by atoms with Gasteiger partial charge in [-0.25, -0.2) is 19.2 Å². The highest BCUT2D eigenvalue weighted by atomic mass is 32.1. The molecule has 2 aliphatic heterocycles. The maximum atomic E-state index is 13.9. The number of rotatable bonds is 11. The van der Waals surface area contributed by atoms with Crippen LogP contribution >= 0.6 is 11.3 Å². The molecule has 4 N–H and O–H groups in total. The number of nitrogens with zero attached hydrogens (tertiary/aromatic N) is 2. The van der Waals surface area contributed by atoms with Crippen LogP contribution in [0, 0.1) is 0 Å². The number of ether oxygens (including phenoxy) is 3. The maximum Gasteiger partial charge on any atom is 0.414 e. The zero-order chi connectivity index (χ0) is 37.5. The lowest BCUT2D eigenvalue weighted by Gasteiger charge is -2.26. The van der Waals surface area contributed by atoms with Crippen molar-refractivity contribution < 1.29 is 58.6 Å². The van der Waals surface area contributed by atoms with E-state index in [1.165, 1.54) is 25.9 Å². The lowest BCUT2D eigenvalue weighted by atomic mass is 9.97. The van der Waals surface area contributed by atoms with Crippen LogP contribution in [0.2, 0.25) is 0 Å². The average Bonchev–Trinajstić information content (AvgIpc) is 3.81. The van der Waals surface area contributed by atoms with E-state index < -0.39 is 23.9 Å². The summed E-state index contributed by atoms with van der Waals surface area (Å²) in [4.78, 5) is 56.1. The van der Waals surface area contributed by atoms with Gasteiger partial charge in [0, 0.05) is 52.3 Å². The van der Waals surface area contributed by atoms with Gasteiger partial charge in [0.1, 0.15) is 24.7 Å². The Morgan fingerprint density at radius 1 is 0.635 bits per heavy atom. The fourth-order valence-corrected chi connectivity index (χ4v) is 6.64. The Hall–Kier alpha value is -5.35. The van der Waals surface area contributed by atoms with E-state index in [0.29, 0.717) is 18.8 Å². The molecule has 2 fully saturated rings. The minimum Gasteiger partial charge on any atom is -0.492 e. The molecule has 0 radical (unpaired) electrons. The van der Waals surface area contributed by atoms with Crippen molar-refractivity contribution in [3.8, 4) is 21.9 Å². The highest BCUT2D eigenvalue weighted by Crippen LogP contribution is 2.40. The Morgan fingerprint density at radius 2 is 1.12 bits per heavy atom. The van der Waals surface area contributed by atoms with Crippen molar-refractivity contribution in [1.82, 2.24) is 9.80 Å². The largest absolute Gasteiger partial charge is 0.492 e. The van der Waals surface area contributed by atoms with Crippen LogP contribution in [0.4, 0.5) is 0 Å². The quantitative estimate of drug-likeness (QED) is 0.125. The van der Waals surface area contributed by atoms with Crippen molar-refractivity contribution in [2.24, 2.45) is 0 Å². The van der Waals surface area contributed by atoms with Gasteiger partial charge >= 0.3 is 23.9 Å². The summed E-state index contributed by atoms with van der Waals surface area (Å²) in [5, 5.41) is 30.6. The second-order valence-electron chi connectivity index (χ2n) is 11.6. The van der Waals surface area contributed by atoms with Crippen LogP contribution in [0.25, 0.3) is 20.5 Å². The molecular formula is C37H40N2O12S. The molecule has 3 aromatic carbocycles. The minimum absolute atomic E-state index is 0.0262. The summed E-state index contributed by atoms with van der Waals surface area (Å²) in [5.74, 6) is -5.63. The van der Waals surface area contributed by atoms with Gasteiger partial charge in [0.2, 0.25) is 0 Å². The number of fused-ring (bicyclic) bond motifs is 1. The lowest BCUT2D eigenvalue weighted by molar-refractivity contribution is -0.159. The second kappa shape index (κ2) is 19.9. The van der Waals surface area contributed by atoms with Crippen molar-refractivity contribution in [2.75, 3.05) is 65.7 Å². The summed E-state index contributed by atoms with van der Waals surface area (Å²) in [6, 6.07) is 23.9. The highest BCUT2D eigenvalue weighted by molar-refractivity contribution is 7.22. The number of hydrogen-bond donors (Lipinski definition) is 4. The number of likely N-dealkylation sites (tertiary alicyclic amines) is 1. The van der Waals surface area contributed by atoms with Crippen molar-refractivity contribution >= 4 is 51.1 Å². The van der Waals surface area contributed by atoms with Crippen LogP contribution in [0.15, 0.2) is 72.8 Å². The molecule has 14 nitrogen and oxygen atoms in total. The smallest absolute Gasteiger partial charge is 0.414 e. The SMILES string of the molecule is O=C(O)C(=O)O.O=C(O)C(=O)O.O=C(c1ccc(OCCN2CCOCC2)cc1)c1c(-c2ccc(OCCN3CCCC3)cc2)sc2ccccc12. The number of carbonyl (C=O) groups is 5. The molecule has 4 aromatic rings. The van der Waals surface area contributed by atoms with Crippen molar-refractivity contribution in [2.45, 2.75) is 12.8 Å². The molecule has 15 heteroatoms. The molecule has 0 atom stereocenters. The van der Waals surface area contributed by atoms with Gasteiger partial charge in [0.05, 0.1) is 13.2 Å². The zero-order valence-corrected chi connectivity index (χ0v) is 29.1. The normalized spacial score (nSPS) is 14.3. The Kier molecular flexibility index (Phi) is 15.1. The number of carbonyl (C=O) groups excluding carboxylic acids is 1. The van der Waals surface area contributed by atoms with Crippen LogP contribution in [0.5, 0.6) is 11.5 Å². The molecule has 276 valence electrons. The molecule has 52 heavy (non-hydrogen) atoms. The maximum absolute atomic E-state index is 13.9. The van der Waals surface area contributed by atoms with Gasteiger partial charge in [-0.2, -0.15) is 0 Å². The predicted octanol–water partition coefficient (Wildman–Crippen LogP) is 4.30. The number of thiophene rings is 1. The number of aliphatic carboxylic acids is 4. The third kappa shape index (κ3) is 11.9. The molecule has 0 amide bonds. The van der Waals surface area contributed by atoms with Gasteiger partial charge in [-0.15, -0.1) is 11.3 Å². The molecule has 0 bridgehead atoms. The molecular weight excluding hydrogens is 696 g/mol. The van der Waals surface area contributed by atoms with Crippen molar-refractivity contribution in [1.29, 1.82) is 0 Å². The van der Waals surface area contributed by atoms with E-state index in [4.69, 9.17) is 53.8 Å². The molecule has 3 heterocycles. The average molecular weight is 737 g/mol. The summed E-state index contributed by atoms with van der Waals surface area (Å²) >= 11 is 1.66. The molecule has 0 aliphatic carbocycles. The number of benzene rings is 3. The first-order valence-corrected chi connectivity index (χ1v) is 17.3. The van der Waals surface area contributed by atoms with Crippen LogP contribution < -0.4 is 9.47 Å². The minimum atomic E-state index is -1.82. The summed E-state index contributed by atoms with van der Waals surface area (Å²) in [6.45, 7) is 8.96. The Bertz CT molecular complexity index is 1760. The van der Waals surface area contributed by atoms with Gasteiger partial charge in [-0.05, 0) is 86.1 Å². The van der Waals surface area contributed by atoms with E-state index in [1.807, 2.05) is 54.6 Å². The van der Waals surface area contributed by atoms with Crippen LogP contribution in [0.3, 0.4) is 0 Å². The van der Waals surface area contributed by atoms with Crippen LogP contribution in [0.1, 0.15) is 28.8 Å². The van der Waals surface area contributed by atoms with E-state index in [0.717, 1.165) is 77.0 Å². The standard InChI is InChI=1S/C33H36N2O4S.2C2H2O4/c36-32(25-7-11-27(12-8-25)39-24-20-35-17-21-37-22-18-35)31-29-5-1-2-6-30(29)40-33(31)26-9-13-28(14-10-26)38-23-19-34-15-3-4-16-34;2*3-1(4)2(5)6/h1-2,5-14H,3-4,15-24H2;2*(H,3,4)(H,5,6). The number of carboxylic acid groups (broad SMARTS) is 4. The Labute approximate surface area is 303 Å². The van der Waals surface area contributed by atoms with E-state index in [-0.39, 0.29) is 5.78 Å². The molecule has 1 aromatic heterocycles. The van der Waals surface area contributed by atoms with Crippen molar-refractivity contribution in [3.05, 3.63) is 83.9 Å². The molecule has 0 spiro atoms. The number of carboxylic acids is 4. The molecule has 0 unspecified atom stereocenters. The summed E-state index contributed by atoms with van der Waals surface area (Å²) in [5.41, 5.74) is 2.44. The van der Waals surface area contributed by atoms with Gasteiger partial charge in [-0.1, -0.05) is 18.2 Å². The van der Waals surface area contributed by atoms with Gasteiger partial charge in [0.25, 0.3) is 0 Å². The number of ketones is 1. The lowest BCUT2D eigenvalue weighted by Crippen LogP contribution is -2.38. The molecule has 2 saturated heterocycles. The fourth-order valence-electron chi connectivity index (χ4n) is 5.44. The van der Waals surface area contributed by atoms with Gasteiger partial charge in [0.15, 0.2) is 5.78 Å². The first kappa shape index (κ1) is 39.4. The number of morpholine rings is 1. The Morgan fingerprint density at radius 3 is 1.63 bits per heavy atom. The third-order valence-corrected chi connectivity index (χ3v) is 9.30.